The molecule has 0 spiro atoms. The molecule has 0 unspecified atom stereocenters. The second kappa shape index (κ2) is 5.74. The van der Waals surface area contributed by atoms with Crippen LogP contribution in [0, 0.1) is 0 Å². The smallest absolute Gasteiger partial charge is 0.0514 e. The Kier molecular flexibility index (Phi) is 3.81. The van der Waals surface area contributed by atoms with E-state index in [2.05, 4.69) is 28.9 Å². The van der Waals surface area contributed by atoms with Gasteiger partial charge >= 0.3 is 0 Å². The molecule has 3 rings (SSSR count). The summed E-state index contributed by atoms with van der Waals surface area (Å²) in [5.74, 6) is 0. The van der Waals surface area contributed by atoms with Crippen LogP contribution in [0.15, 0.2) is 60.8 Å². The summed E-state index contributed by atoms with van der Waals surface area (Å²) in [6, 6.07) is 16.0. The van der Waals surface area contributed by atoms with Gasteiger partial charge in [-0.3, -0.25) is 0 Å². The molecule has 0 bridgehead atoms. The zero-order valence-corrected chi connectivity index (χ0v) is 12.3. The predicted octanol–water partition coefficient (Wildman–Crippen LogP) is 5.66. The topological polar surface area (TPSA) is 4.93 Å². The monoisotopic (exact) mass is 301 g/mol. The molecule has 20 heavy (non-hydrogen) atoms. The van der Waals surface area contributed by atoms with Gasteiger partial charge in [-0.05, 0) is 23.8 Å². The van der Waals surface area contributed by atoms with E-state index in [9.17, 15) is 0 Å². The molecule has 1 heterocycles. The Bertz CT molecular complexity index is 757. The number of nitrogens with zero attached hydrogens (tertiary/aromatic N) is 1. The molecular formula is C17H13Cl2N. The minimum atomic E-state index is 0.662. The third kappa shape index (κ3) is 2.74. The van der Waals surface area contributed by atoms with Gasteiger partial charge in [-0.2, -0.15) is 0 Å². The molecular weight excluding hydrogens is 289 g/mol. The molecule has 0 saturated carbocycles. The van der Waals surface area contributed by atoms with Crippen molar-refractivity contribution in [2.75, 3.05) is 0 Å². The predicted molar refractivity (Wildman–Crippen MR) is 87.4 cm³/mol. The summed E-state index contributed by atoms with van der Waals surface area (Å²) in [7, 11) is 0. The molecule has 0 aliphatic heterocycles. The molecule has 0 N–H and O–H groups in total. The third-order valence-electron chi connectivity index (χ3n) is 3.22. The van der Waals surface area contributed by atoms with Gasteiger partial charge in [-0.1, -0.05) is 65.7 Å². The minimum absolute atomic E-state index is 0.662. The maximum Gasteiger partial charge on any atom is 0.0514 e. The van der Waals surface area contributed by atoms with E-state index >= 15 is 0 Å². The Morgan fingerprint density at radius 3 is 2.60 bits per heavy atom. The van der Waals surface area contributed by atoms with Crippen molar-refractivity contribution in [2.45, 2.75) is 6.54 Å². The summed E-state index contributed by atoms with van der Waals surface area (Å²) in [4.78, 5) is 0. The maximum absolute atomic E-state index is 6.19. The van der Waals surface area contributed by atoms with Gasteiger partial charge < -0.3 is 4.57 Å². The minimum Gasteiger partial charge on any atom is -0.344 e. The molecule has 1 aromatic heterocycles. The van der Waals surface area contributed by atoms with E-state index in [0.29, 0.717) is 10.0 Å². The van der Waals surface area contributed by atoms with Gasteiger partial charge in [0, 0.05) is 23.2 Å². The van der Waals surface area contributed by atoms with Crippen molar-refractivity contribution >= 4 is 40.2 Å². The van der Waals surface area contributed by atoms with Crippen LogP contribution in [0.1, 0.15) is 5.56 Å². The second-order valence-electron chi connectivity index (χ2n) is 4.60. The van der Waals surface area contributed by atoms with E-state index in [-0.39, 0.29) is 0 Å². The van der Waals surface area contributed by atoms with Crippen molar-refractivity contribution in [2.24, 2.45) is 0 Å². The Hall–Kier alpha value is -1.70. The first-order valence-corrected chi connectivity index (χ1v) is 7.15. The highest BCUT2D eigenvalue weighted by molar-refractivity contribution is 6.38. The Morgan fingerprint density at radius 2 is 1.80 bits per heavy atom. The zero-order valence-electron chi connectivity index (χ0n) is 10.8. The van der Waals surface area contributed by atoms with Crippen molar-refractivity contribution in [1.29, 1.82) is 0 Å². The molecule has 3 aromatic rings. The summed E-state index contributed by atoms with van der Waals surface area (Å²) in [5.41, 5.74) is 2.25. The Morgan fingerprint density at radius 1 is 1.00 bits per heavy atom. The second-order valence-corrected chi connectivity index (χ2v) is 5.45. The van der Waals surface area contributed by atoms with E-state index in [1.807, 2.05) is 36.5 Å². The first-order chi connectivity index (χ1) is 9.74. The van der Waals surface area contributed by atoms with E-state index < -0.39 is 0 Å². The summed E-state index contributed by atoms with van der Waals surface area (Å²) < 4.78 is 2.13. The first-order valence-electron chi connectivity index (χ1n) is 6.39. The molecule has 2 aromatic carbocycles. The van der Waals surface area contributed by atoms with Gasteiger partial charge in [-0.15, -0.1) is 0 Å². The fourth-order valence-corrected chi connectivity index (χ4v) is 2.79. The summed E-state index contributed by atoms with van der Waals surface area (Å²) in [5, 5.41) is 2.39. The third-order valence-corrected chi connectivity index (χ3v) is 3.75. The van der Waals surface area contributed by atoms with Crippen molar-refractivity contribution in [3.05, 3.63) is 76.4 Å². The van der Waals surface area contributed by atoms with Crippen LogP contribution in [0.4, 0.5) is 0 Å². The number of benzene rings is 2. The van der Waals surface area contributed by atoms with Gasteiger partial charge in [0.25, 0.3) is 0 Å². The van der Waals surface area contributed by atoms with E-state index in [4.69, 9.17) is 23.2 Å². The quantitative estimate of drug-likeness (QED) is 0.588. The summed E-state index contributed by atoms with van der Waals surface area (Å²) in [6.07, 6.45) is 6.27. The lowest BCUT2D eigenvalue weighted by Gasteiger charge is -2.03. The van der Waals surface area contributed by atoms with E-state index in [1.54, 1.807) is 6.07 Å². The van der Waals surface area contributed by atoms with Crippen LogP contribution in [0.25, 0.3) is 17.0 Å². The molecule has 0 atom stereocenters. The fraction of sp³-hybridized carbons (Fsp3) is 0.0588. The van der Waals surface area contributed by atoms with Gasteiger partial charge in [0.05, 0.1) is 10.5 Å². The van der Waals surface area contributed by atoms with E-state index in [0.717, 1.165) is 17.4 Å². The van der Waals surface area contributed by atoms with Crippen LogP contribution in [0.2, 0.25) is 10.0 Å². The van der Waals surface area contributed by atoms with Gasteiger partial charge in [0.15, 0.2) is 0 Å². The van der Waals surface area contributed by atoms with Crippen LogP contribution in [0.3, 0.4) is 0 Å². The standard InChI is InChI=1S/C17H13Cl2N/c18-14-11-16(19)15-8-10-20(17(15)12-14)9-4-7-13-5-2-1-3-6-13/h1-8,10-12H,9H2/b7-4+. The normalized spacial score (nSPS) is 11.5. The average molecular weight is 302 g/mol. The molecule has 0 amide bonds. The number of halogens is 2. The van der Waals surface area contributed by atoms with Crippen LogP contribution >= 0.6 is 23.2 Å². The number of fused-ring (bicyclic) bond motifs is 1. The highest BCUT2D eigenvalue weighted by Crippen LogP contribution is 2.28. The molecule has 1 nitrogen and oxygen atoms in total. The largest absolute Gasteiger partial charge is 0.344 e. The average Bonchev–Trinajstić information content (AvgIpc) is 2.83. The highest BCUT2D eigenvalue weighted by Gasteiger charge is 2.05. The Balaban J connectivity index is 1.87. The number of hydrogen-bond acceptors (Lipinski definition) is 0. The van der Waals surface area contributed by atoms with Gasteiger partial charge in [0.1, 0.15) is 0 Å². The van der Waals surface area contributed by atoms with Crippen molar-refractivity contribution in [3.8, 4) is 0 Å². The number of hydrogen-bond donors (Lipinski definition) is 0. The maximum atomic E-state index is 6.19. The van der Waals surface area contributed by atoms with Gasteiger partial charge in [0.2, 0.25) is 0 Å². The summed E-state index contributed by atoms with van der Waals surface area (Å²) >= 11 is 12.3. The molecule has 3 heteroatoms. The SMILES string of the molecule is Clc1cc(Cl)c2ccn(C/C=C/c3ccccc3)c2c1. The van der Waals surface area contributed by atoms with Crippen LogP contribution in [0.5, 0.6) is 0 Å². The van der Waals surface area contributed by atoms with Crippen molar-refractivity contribution in [3.63, 3.8) is 0 Å². The van der Waals surface area contributed by atoms with Crippen molar-refractivity contribution in [1.82, 2.24) is 4.57 Å². The molecule has 0 fully saturated rings. The van der Waals surface area contributed by atoms with Crippen LogP contribution < -0.4 is 0 Å². The highest BCUT2D eigenvalue weighted by atomic mass is 35.5. The number of aromatic nitrogens is 1. The number of rotatable bonds is 3. The molecule has 0 radical (unpaired) electrons. The van der Waals surface area contributed by atoms with Crippen LogP contribution in [-0.2, 0) is 6.54 Å². The zero-order chi connectivity index (χ0) is 13.9. The summed E-state index contributed by atoms with van der Waals surface area (Å²) in [6.45, 7) is 0.787. The molecule has 0 saturated heterocycles. The number of allylic oxidation sites excluding steroid dienone is 1. The van der Waals surface area contributed by atoms with Gasteiger partial charge in [-0.25, -0.2) is 0 Å². The fourth-order valence-electron chi connectivity index (χ4n) is 2.24. The molecule has 0 aliphatic rings. The lowest BCUT2D eigenvalue weighted by atomic mass is 10.2. The first kappa shape index (κ1) is 13.3. The Labute approximate surface area is 128 Å². The molecule has 100 valence electrons. The van der Waals surface area contributed by atoms with Crippen molar-refractivity contribution < 1.29 is 0 Å². The molecule has 0 aliphatic carbocycles. The van der Waals surface area contributed by atoms with E-state index in [1.165, 1.54) is 5.56 Å². The lowest BCUT2D eigenvalue weighted by Crippen LogP contribution is -1.92. The van der Waals surface area contributed by atoms with Crippen LogP contribution in [-0.4, -0.2) is 4.57 Å². The lowest BCUT2D eigenvalue weighted by molar-refractivity contribution is 0.866.